The Morgan fingerprint density at radius 3 is 2.72 bits per heavy atom. The maximum Gasteiger partial charge on any atom is 0.321 e. The van der Waals surface area contributed by atoms with E-state index in [0.717, 1.165) is 51.0 Å². The lowest BCUT2D eigenvalue weighted by atomic mass is 9.93. The van der Waals surface area contributed by atoms with Gasteiger partial charge in [-0.15, -0.1) is 0 Å². The van der Waals surface area contributed by atoms with Gasteiger partial charge < -0.3 is 15.5 Å². The van der Waals surface area contributed by atoms with Gasteiger partial charge in [-0.05, 0) is 76.3 Å². The average Bonchev–Trinajstić information content (AvgIpc) is 2.75. The number of aryl methyl sites for hydroxylation is 1. The van der Waals surface area contributed by atoms with Gasteiger partial charge in [0.1, 0.15) is 0 Å². The molecule has 3 rings (SSSR count). The molecule has 1 heterocycles. The number of amides is 3. The molecule has 1 aromatic carbocycles. The van der Waals surface area contributed by atoms with Crippen LogP contribution in [0.1, 0.15) is 63.4 Å². The van der Waals surface area contributed by atoms with Crippen molar-refractivity contribution in [2.75, 3.05) is 25.0 Å². The summed E-state index contributed by atoms with van der Waals surface area (Å²) in [6.07, 6.45) is 11.8. The molecule has 5 nitrogen and oxygen atoms in total. The molecule has 1 atom stereocenters. The van der Waals surface area contributed by atoms with Gasteiger partial charge in [-0.1, -0.05) is 29.3 Å². The van der Waals surface area contributed by atoms with Crippen LogP contribution in [0, 0.1) is 12.8 Å². The van der Waals surface area contributed by atoms with E-state index in [1.807, 2.05) is 36.1 Å². The Labute approximate surface area is 174 Å². The van der Waals surface area contributed by atoms with E-state index in [4.69, 9.17) is 0 Å². The quantitative estimate of drug-likeness (QED) is 0.634. The summed E-state index contributed by atoms with van der Waals surface area (Å²) < 4.78 is 0. The van der Waals surface area contributed by atoms with E-state index in [1.54, 1.807) is 0 Å². The van der Waals surface area contributed by atoms with Crippen molar-refractivity contribution in [3.63, 3.8) is 0 Å². The van der Waals surface area contributed by atoms with Crippen molar-refractivity contribution in [2.45, 2.75) is 64.7 Å². The predicted octanol–water partition coefficient (Wildman–Crippen LogP) is 5.03. The van der Waals surface area contributed by atoms with Crippen molar-refractivity contribution in [1.82, 2.24) is 10.2 Å². The number of urea groups is 1. The molecule has 0 aromatic heterocycles. The number of hydrogen-bond acceptors (Lipinski definition) is 2. The molecule has 1 aliphatic heterocycles. The SMILES string of the molecule is Cc1ccc(NC(=O)N2CCC[C@@H](CCC(=O)NCCC3=CCCCC3)C2)cc1. The zero-order valence-electron chi connectivity index (χ0n) is 17.7. The van der Waals surface area contributed by atoms with Crippen molar-refractivity contribution >= 4 is 17.6 Å². The van der Waals surface area contributed by atoms with Crippen LogP contribution < -0.4 is 10.6 Å². The first-order valence-electron chi connectivity index (χ1n) is 11.2. The molecule has 2 aliphatic rings. The summed E-state index contributed by atoms with van der Waals surface area (Å²) in [5, 5.41) is 6.05. The third-order valence-corrected chi connectivity index (χ3v) is 6.04. The van der Waals surface area contributed by atoms with E-state index in [9.17, 15) is 9.59 Å². The van der Waals surface area contributed by atoms with E-state index >= 15 is 0 Å². The first-order valence-corrected chi connectivity index (χ1v) is 11.2. The number of rotatable bonds is 7. The van der Waals surface area contributed by atoms with Crippen LogP contribution in [-0.2, 0) is 4.79 Å². The lowest BCUT2D eigenvalue weighted by molar-refractivity contribution is -0.121. The molecular formula is C24H35N3O2. The summed E-state index contributed by atoms with van der Waals surface area (Å²) in [6, 6.07) is 7.82. The fourth-order valence-corrected chi connectivity index (χ4v) is 4.24. The number of carbonyl (C=O) groups is 2. The molecule has 3 amide bonds. The molecule has 0 bridgehead atoms. The number of hydrogen-bond donors (Lipinski definition) is 2. The highest BCUT2D eigenvalue weighted by atomic mass is 16.2. The van der Waals surface area contributed by atoms with Crippen molar-refractivity contribution in [3.05, 3.63) is 41.5 Å². The van der Waals surface area contributed by atoms with Gasteiger partial charge >= 0.3 is 6.03 Å². The number of likely N-dealkylation sites (tertiary alicyclic amines) is 1. The highest BCUT2D eigenvalue weighted by molar-refractivity contribution is 5.89. The largest absolute Gasteiger partial charge is 0.356 e. The number of carbonyl (C=O) groups excluding carboxylic acids is 2. The van der Waals surface area contributed by atoms with E-state index in [0.29, 0.717) is 12.3 Å². The van der Waals surface area contributed by atoms with Crippen molar-refractivity contribution in [2.24, 2.45) is 5.92 Å². The van der Waals surface area contributed by atoms with Gasteiger partial charge in [0.2, 0.25) is 5.91 Å². The molecule has 0 spiro atoms. The summed E-state index contributed by atoms with van der Waals surface area (Å²) in [5.74, 6) is 0.543. The van der Waals surface area contributed by atoms with Crippen LogP contribution >= 0.6 is 0 Å². The molecule has 0 radical (unpaired) electrons. The fraction of sp³-hybridized carbons (Fsp3) is 0.583. The number of allylic oxidation sites excluding steroid dienone is 1. The van der Waals surface area contributed by atoms with E-state index in [2.05, 4.69) is 16.7 Å². The number of nitrogens with one attached hydrogen (secondary N) is 2. The smallest absolute Gasteiger partial charge is 0.321 e. The molecule has 1 aliphatic carbocycles. The number of nitrogens with zero attached hydrogens (tertiary/aromatic N) is 1. The maximum absolute atomic E-state index is 12.6. The van der Waals surface area contributed by atoms with Gasteiger partial charge in [0, 0.05) is 31.7 Å². The van der Waals surface area contributed by atoms with Gasteiger partial charge in [0.25, 0.3) is 0 Å². The Hall–Kier alpha value is -2.30. The van der Waals surface area contributed by atoms with E-state index in [-0.39, 0.29) is 11.9 Å². The molecule has 0 unspecified atom stereocenters. The lowest BCUT2D eigenvalue weighted by Gasteiger charge is -2.32. The van der Waals surface area contributed by atoms with E-state index < -0.39 is 0 Å². The first-order chi connectivity index (χ1) is 14.1. The Morgan fingerprint density at radius 1 is 1.14 bits per heavy atom. The third-order valence-electron chi connectivity index (χ3n) is 6.04. The Kier molecular flexibility index (Phi) is 8.14. The standard InChI is InChI=1S/C24H35N3O2/c1-19-9-12-22(13-10-19)26-24(29)27-17-5-8-21(18-27)11-14-23(28)25-16-15-20-6-3-2-4-7-20/h6,9-10,12-13,21H,2-5,7-8,11,14-18H2,1H3,(H,25,28)(H,26,29)/t21-/m0/s1. The number of piperidine rings is 1. The van der Waals surface area contributed by atoms with Crippen molar-refractivity contribution in [3.8, 4) is 0 Å². The molecule has 5 heteroatoms. The molecule has 2 N–H and O–H groups in total. The molecule has 158 valence electrons. The second-order valence-corrected chi connectivity index (χ2v) is 8.50. The van der Waals surface area contributed by atoms with Crippen LogP contribution in [-0.4, -0.2) is 36.5 Å². The van der Waals surface area contributed by atoms with Gasteiger partial charge in [-0.25, -0.2) is 4.79 Å². The summed E-state index contributed by atoms with van der Waals surface area (Å²) >= 11 is 0. The summed E-state index contributed by atoms with van der Waals surface area (Å²) in [5.41, 5.74) is 3.50. The highest BCUT2D eigenvalue weighted by Crippen LogP contribution is 2.22. The Balaban J connectivity index is 1.35. The maximum atomic E-state index is 12.6. The Bertz CT molecular complexity index is 711. The summed E-state index contributed by atoms with van der Waals surface area (Å²) in [7, 11) is 0. The van der Waals surface area contributed by atoms with Crippen LogP contribution in [0.3, 0.4) is 0 Å². The lowest BCUT2D eigenvalue weighted by Crippen LogP contribution is -2.42. The van der Waals surface area contributed by atoms with Crippen LogP contribution in [0.5, 0.6) is 0 Å². The normalized spacial score (nSPS) is 19.4. The molecule has 1 saturated heterocycles. The van der Waals surface area contributed by atoms with Gasteiger partial charge in [0.15, 0.2) is 0 Å². The molecule has 0 saturated carbocycles. The zero-order valence-corrected chi connectivity index (χ0v) is 17.7. The van der Waals surface area contributed by atoms with Crippen LogP contribution in [0.2, 0.25) is 0 Å². The number of anilines is 1. The molecule has 1 fully saturated rings. The van der Waals surface area contributed by atoms with Gasteiger partial charge in [-0.2, -0.15) is 0 Å². The van der Waals surface area contributed by atoms with E-state index in [1.165, 1.54) is 36.8 Å². The summed E-state index contributed by atoms with van der Waals surface area (Å²) in [4.78, 5) is 26.6. The topological polar surface area (TPSA) is 61.4 Å². The zero-order chi connectivity index (χ0) is 20.5. The van der Waals surface area contributed by atoms with Crippen LogP contribution in [0.15, 0.2) is 35.9 Å². The first kappa shape index (κ1) is 21.4. The summed E-state index contributed by atoms with van der Waals surface area (Å²) in [6.45, 7) is 4.30. The van der Waals surface area contributed by atoms with Crippen LogP contribution in [0.25, 0.3) is 0 Å². The fourth-order valence-electron chi connectivity index (χ4n) is 4.24. The third kappa shape index (κ3) is 7.22. The molecule has 29 heavy (non-hydrogen) atoms. The Morgan fingerprint density at radius 2 is 1.97 bits per heavy atom. The predicted molar refractivity (Wildman–Crippen MR) is 118 cm³/mol. The molecule has 1 aromatic rings. The average molecular weight is 398 g/mol. The highest BCUT2D eigenvalue weighted by Gasteiger charge is 2.24. The van der Waals surface area contributed by atoms with Crippen molar-refractivity contribution < 1.29 is 9.59 Å². The van der Waals surface area contributed by atoms with Crippen LogP contribution in [0.4, 0.5) is 10.5 Å². The number of benzene rings is 1. The van der Waals surface area contributed by atoms with Gasteiger partial charge in [-0.3, -0.25) is 4.79 Å². The molecular weight excluding hydrogens is 362 g/mol. The second kappa shape index (κ2) is 11.0. The minimum Gasteiger partial charge on any atom is -0.356 e. The second-order valence-electron chi connectivity index (χ2n) is 8.50. The van der Waals surface area contributed by atoms with Crippen molar-refractivity contribution in [1.29, 1.82) is 0 Å². The van der Waals surface area contributed by atoms with Gasteiger partial charge in [0.05, 0.1) is 0 Å². The monoisotopic (exact) mass is 397 g/mol. The minimum atomic E-state index is -0.0382. The minimum absolute atomic E-state index is 0.0382.